The fraction of sp³-hybridized carbons (Fsp3) is 0.0909. The van der Waals surface area contributed by atoms with Gasteiger partial charge in [-0.05, 0) is 41.3 Å². The van der Waals surface area contributed by atoms with E-state index in [1.165, 1.54) is 26.2 Å². The third kappa shape index (κ3) is 3.64. The van der Waals surface area contributed by atoms with Crippen LogP contribution in [-0.2, 0) is 0 Å². The summed E-state index contributed by atoms with van der Waals surface area (Å²) in [5.41, 5.74) is 2.86. The Balaban J connectivity index is 1.82. The van der Waals surface area contributed by atoms with E-state index >= 15 is 0 Å². The summed E-state index contributed by atoms with van der Waals surface area (Å²) in [4.78, 5) is 0. The molecule has 0 aliphatic carbocycles. The molecule has 0 spiro atoms. The van der Waals surface area contributed by atoms with Crippen molar-refractivity contribution in [2.75, 3.05) is 7.11 Å². The average molecular weight is 354 g/mol. The highest BCUT2D eigenvalue weighted by molar-refractivity contribution is 5.72. The van der Waals surface area contributed by atoms with Gasteiger partial charge < -0.3 is 4.74 Å². The topological polar surface area (TPSA) is 9.23 Å². The third-order valence-electron chi connectivity index (χ3n) is 4.16. The van der Waals surface area contributed by atoms with Crippen molar-refractivity contribution < 1.29 is 17.9 Å². The summed E-state index contributed by atoms with van der Waals surface area (Å²) >= 11 is 0. The van der Waals surface area contributed by atoms with Crippen molar-refractivity contribution in [3.05, 3.63) is 88.7 Å². The van der Waals surface area contributed by atoms with Crippen LogP contribution >= 0.6 is 0 Å². The number of hydrogen-bond acceptors (Lipinski definition) is 1. The van der Waals surface area contributed by atoms with Crippen LogP contribution in [0.5, 0.6) is 5.75 Å². The number of benzene rings is 3. The summed E-state index contributed by atoms with van der Waals surface area (Å²) in [6.07, 6.45) is 3.23. The summed E-state index contributed by atoms with van der Waals surface area (Å²) in [7, 11) is 1.42. The molecule has 0 saturated carbocycles. The molecule has 4 heteroatoms. The Morgan fingerprint density at radius 1 is 0.769 bits per heavy atom. The highest BCUT2D eigenvalue weighted by Gasteiger charge is 2.08. The lowest BCUT2D eigenvalue weighted by atomic mass is 10.0. The SMILES string of the molecule is COc1ccc(-c2ccc(/C=C/c3ccc(C)c(F)c3F)cc2)cc1F. The van der Waals surface area contributed by atoms with Crippen molar-refractivity contribution in [1.82, 2.24) is 0 Å². The first-order valence-electron chi connectivity index (χ1n) is 8.06. The van der Waals surface area contributed by atoms with Crippen molar-refractivity contribution in [3.8, 4) is 16.9 Å². The minimum absolute atomic E-state index is 0.189. The van der Waals surface area contributed by atoms with Gasteiger partial charge in [-0.1, -0.05) is 54.6 Å². The molecule has 3 aromatic rings. The number of ether oxygens (including phenoxy) is 1. The van der Waals surface area contributed by atoms with E-state index in [-0.39, 0.29) is 16.9 Å². The second-order valence-electron chi connectivity index (χ2n) is 5.90. The Kier molecular flexibility index (Phi) is 5.12. The van der Waals surface area contributed by atoms with E-state index in [2.05, 4.69) is 0 Å². The van der Waals surface area contributed by atoms with Gasteiger partial charge in [0.25, 0.3) is 0 Å². The number of hydrogen-bond donors (Lipinski definition) is 0. The van der Waals surface area contributed by atoms with Gasteiger partial charge in [-0.15, -0.1) is 0 Å². The molecule has 0 atom stereocenters. The first-order chi connectivity index (χ1) is 12.5. The van der Waals surface area contributed by atoms with Gasteiger partial charge in [0.15, 0.2) is 23.2 Å². The standard InChI is InChI=1S/C22H17F3O/c1-14-3-7-17(22(25)21(14)24)10-6-15-4-8-16(9-5-15)18-11-12-20(26-2)19(23)13-18/h3-13H,1-2H3/b10-6+. The molecular weight excluding hydrogens is 337 g/mol. The van der Waals surface area contributed by atoms with Crippen molar-refractivity contribution in [3.63, 3.8) is 0 Å². The summed E-state index contributed by atoms with van der Waals surface area (Å²) in [6.45, 7) is 1.52. The zero-order valence-corrected chi connectivity index (χ0v) is 14.4. The Bertz CT molecular complexity index is 960. The highest BCUT2D eigenvalue weighted by atomic mass is 19.2. The Morgan fingerprint density at radius 3 is 2.12 bits per heavy atom. The summed E-state index contributed by atoms with van der Waals surface area (Å²) in [6, 6.07) is 15.2. The highest BCUT2D eigenvalue weighted by Crippen LogP contribution is 2.26. The van der Waals surface area contributed by atoms with Gasteiger partial charge >= 0.3 is 0 Å². The maximum Gasteiger partial charge on any atom is 0.166 e. The lowest BCUT2D eigenvalue weighted by Gasteiger charge is -2.06. The summed E-state index contributed by atoms with van der Waals surface area (Å²) < 4.78 is 46.2. The Labute approximate surface area is 150 Å². The molecule has 0 unspecified atom stereocenters. The van der Waals surface area contributed by atoms with Gasteiger partial charge in [0, 0.05) is 5.56 Å². The van der Waals surface area contributed by atoms with Crippen LogP contribution in [0.15, 0.2) is 54.6 Å². The molecule has 0 saturated heterocycles. The van der Waals surface area contributed by atoms with E-state index in [9.17, 15) is 13.2 Å². The predicted molar refractivity (Wildman–Crippen MR) is 98.4 cm³/mol. The van der Waals surface area contributed by atoms with Gasteiger partial charge in [0.2, 0.25) is 0 Å². The van der Waals surface area contributed by atoms with Crippen molar-refractivity contribution >= 4 is 12.2 Å². The van der Waals surface area contributed by atoms with Crippen LogP contribution in [0, 0.1) is 24.4 Å². The van der Waals surface area contributed by atoms with E-state index in [0.29, 0.717) is 0 Å². The summed E-state index contributed by atoms with van der Waals surface area (Å²) in [5.74, 6) is -1.91. The first-order valence-corrected chi connectivity index (χ1v) is 8.06. The van der Waals surface area contributed by atoms with Gasteiger partial charge in [-0.3, -0.25) is 0 Å². The van der Waals surface area contributed by atoms with E-state index in [0.717, 1.165) is 16.7 Å². The van der Waals surface area contributed by atoms with Gasteiger partial charge in [-0.2, -0.15) is 0 Å². The van der Waals surface area contributed by atoms with E-state index < -0.39 is 17.5 Å². The molecule has 0 aliphatic heterocycles. The molecule has 1 nitrogen and oxygen atoms in total. The number of halogens is 3. The fourth-order valence-electron chi connectivity index (χ4n) is 2.61. The maximum absolute atomic E-state index is 13.9. The quantitative estimate of drug-likeness (QED) is 0.503. The fourth-order valence-corrected chi connectivity index (χ4v) is 2.61. The molecule has 26 heavy (non-hydrogen) atoms. The van der Waals surface area contributed by atoms with Crippen LogP contribution in [0.3, 0.4) is 0 Å². The van der Waals surface area contributed by atoms with Gasteiger partial charge in [0.05, 0.1) is 7.11 Å². The van der Waals surface area contributed by atoms with Crippen LogP contribution in [0.4, 0.5) is 13.2 Å². The molecule has 0 N–H and O–H groups in total. The minimum atomic E-state index is -0.855. The summed E-state index contributed by atoms with van der Waals surface area (Å²) in [5, 5.41) is 0. The molecule has 0 bridgehead atoms. The monoisotopic (exact) mass is 354 g/mol. The zero-order chi connectivity index (χ0) is 18.7. The molecule has 0 aromatic heterocycles. The van der Waals surface area contributed by atoms with E-state index in [1.807, 2.05) is 24.3 Å². The number of aryl methyl sites for hydroxylation is 1. The molecule has 0 radical (unpaired) electrons. The van der Waals surface area contributed by atoms with Gasteiger partial charge in [-0.25, -0.2) is 13.2 Å². The molecule has 0 aliphatic rings. The Morgan fingerprint density at radius 2 is 1.46 bits per heavy atom. The smallest absolute Gasteiger partial charge is 0.166 e. The molecule has 3 rings (SSSR count). The van der Waals surface area contributed by atoms with Crippen molar-refractivity contribution in [1.29, 1.82) is 0 Å². The van der Waals surface area contributed by atoms with E-state index in [4.69, 9.17) is 4.74 Å². The van der Waals surface area contributed by atoms with Crippen LogP contribution in [0.25, 0.3) is 23.3 Å². The molecule has 0 heterocycles. The lowest BCUT2D eigenvalue weighted by molar-refractivity contribution is 0.386. The van der Waals surface area contributed by atoms with Crippen LogP contribution in [0.1, 0.15) is 16.7 Å². The van der Waals surface area contributed by atoms with Crippen LogP contribution in [-0.4, -0.2) is 7.11 Å². The zero-order valence-electron chi connectivity index (χ0n) is 14.4. The number of methoxy groups -OCH3 is 1. The van der Waals surface area contributed by atoms with Crippen LogP contribution < -0.4 is 4.74 Å². The van der Waals surface area contributed by atoms with Crippen molar-refractivity contribution in [2.45, 2.75) is 6.92 Å². The lowest BCUT2D eigenvalue weighted by Crippen LogP contribution is -1.92. The largest absolute Gasteiger partial charge is 0.494 e. The first kappa shape index (κ1) is 17.8. The minimum Gasteiger partial charge on any atom is -0.494 e. The Hall–Kier alpha value is -3.01. The molecule has 0 fully saturated rings. The van der Waals surface area contributed by atoms with Crippen molar-refractivity contribution in [2.24, 2.45) is 0 Å². The average Bonchev–Trinajstić information content (AvgIpc) is 2.66. The molecule has 132 valence electrons. The predicted octanol–water partition coefficient (Wildman–Crippen LogP) is 6.26. The van der Waals surface area contributed by atoms with E-state index in [1.54, 1.807) is 30.3 Å². The third-order valence-corrected chi connectivity index (χ3v) is 4.16. The molecular formula is C22H17F3O. The molecule has 0 amide bonds. The van der Waals surface area contributed by atoms with Gasteiger partial charge in [0.1, 0.15) is 0 Å². The molecule has 3 aromatic carbocycles. The maximum atomic E-state index is 13.9. The normalized spacial score (nSPS) is 11.1. The van der Waals surface area contributed by atoms with Crippen LogP contribution in [0.2, 0.25) is 0 Å². The number of rotatable bonds is 4. The second-order valence-corrected chi connectivity index (χ2v) is 5.90. The second kappa shape index (κ2) is 7.48.